The van der Waals surface area contributed by atoms with Crippen LogP contribution in [0.15, 0.2) is 0 Å². The molecule has 0 saturated carbocycles. The van der Waals surface area contributed by atoms with Crippen LogP contribution in [0.1, 0.15) is 19.8 Å². The van der Waals surface area contributed by atoms with E-state index in [-0.39, 0.29) is 11.9 Å². The van der Waals surface area contributed by atoms with Crippen molar-refractivity contribution in [2.24, 2.45) is 5.73 Å². The molecule has 1 saturated heterocycles. The van der Waals surface area contributed by atoms with Crippen LogP contribution in [0.25, 0.3) is 0 Å². The van der Waals surface area contributed by atoms with Crippen LogP contribution in [0.4, 0.5) is 0 Å². The Balaban J connectivity index is 2.28. The molecule has 1 aliphatic rings. The van der Waals surface area contributed by atoms with E-state index >= 15 is 0 Å². The standard InChI is InChI=1S/C11H23N3O2/c1-3-9-8-14(6-7-16-9)5-4-10(13-2)11(12)15/h9-10,13H,3-8H2,1-2H3,(H2,12,15). The Morgan fingerprint density at radius 2 is 2.44 bits per heavy atom. The van der Waals surface area contributed by atoms with Crippen molar-refractivity contribution in [3.63, 3.8) is 0 Å². The lowest BCUT2D eigenvalue weighted by Crippen LogP contribution is -2.46. The van der Waals surface area contributed by atoms with Crippen molar-refractivity contribution in [3.8, 4) is 0 Å². The third-order valence-electron chi connectivity index (χ3n) is 3.10. The molecule has 1 heterocycles. The first kappa shape index (κ1) is 13.4. The van der Waals surface area contributed by atoms with Crippen molar-refractivity contribution in [2.45, 2.75) is 31.9 Å². The number of nitrogens with two attached hydrogens (primary N) is 1. The van der Waals surface area contributed by atoms with Crippen LogP contribution in [-0.4, -0.2) is 56.2 Å². The predicted molar refractivity (Wildman–Crippen MR) is 63.1 cm³/mol. The first-order chi connectivity index (χ1) is 7.67. The molecule has 0 radical (unpaired) electrons. The second kappa shape index (κ2) is 6.83. The SMILES string of the molecule is CCC1CN(CCC(NC)C(N)=O)CCO1. The number of hydrogen-bond donors (Lipinski definition) is 2. The van der Waals surface area contributed by atoms with Crippen LogP contribution >= 0.6 is 0 Å². The maximum Gasteiger partial charge on any atom is 0.234 e. The van der Waals surface area contributed by atoms with Gasteiger partial charge < -0.3 is 15.8 Å². The van der Waals surface area contributed by atoms with Crippen molar-refractivity contribution >= 4 is 5.91 Å². The van der Waals surface area contributed by atoms with Gasteiger partial charge in [-0.05, 0) is 19.9 Å². The quantitative estimate of drug-likeness (QED) is 0.648. The molecule has 5 heteroatoms. The van der Waals surface area contributed by atoms with Crippen LogP contribution < -0.4 is 11.1 Å². The number of nitrogens with one attached hydrogen (secondary N) is 1. The maximum atomic E-state index is 11.0. The molecule has 0 aliphatic carbocycles. The van der Waals surface area contributed by atoms with E-state index in [2.05, 4.69) is 17.1 Å². The number of morpholine rings is 1. The summed E-state index contributed by atoms with van der Waals surface area (Å²) in [6, 6.07) is -0.220. The van der Waals surface area contributed by atoms with Gasteiger partial charge >= 0.3 is 0 Å². The van der Waals surface area contributed by atoms with E-state index in [1.165, 1.54) is 0 Å². The topological polar surface area (TPSA) is 67.6 Å². The summed E-state index contributed by atoms with van der Waals surface area (Å²) in [4.78, 5) is 13.4. The van der Waals surface area contributed by atoms with Crippen molar-refractivity contribution in [2.75, 3.05) is 33.3 Å². The number of rotatable bonds is 6. The lowest BCUT2D eigenvalue weighted by Gasteiger charge is -2.33. The second-order valence-corrected chi connectivity index (χ2v) is 4.23. The highest BCUT2D eigenvalue weighted by molar-refractivity contribution is 5.79. The minimum atomic E-state index is -0.275. The first-order valence-corrected chi connectivity index (χ1v) is 5.98. The number of carbonyl (C=O) groups excluding carboxylic acids is 1. The zero-order valence-corrected chi connectivity index (χ0v) is 10.2. The molecule has 3 N–H and O–H groups in total. The molecule has 0 spiro atoms. The molecule has 1 amide bonds. The summed E-state index contributed by atoms with van der Waals surface area (Å²) in [5, 5.41) is 2.93. The van der Waals surface area contributed by atoms with E-state index in [9.17, 15) is 4.79 Å². The average molecular weight is 229 g/mol. The molecular weight excluding hydrogens is 206 g/mol. The van der Waals surface area contributed by atoms with E-state index in [0.29, 0.717) is 6.10 Å². The van der Waals surface area contributed by atoms with Gasteiger partial charge in [0.2, 0.25) is 5.91 Å². The van der Waals surface area contributed by atoms with E-state index in [0.717, 1.165) is 39.1 Å². The Hall–Kier alpha value is -0.650. The third kappa shape index (κ3) is 4.08. The smallest absolute Gasteiger partial charge is 0.234 e. The van der Waals surface area contributed by atoms with Gasteiger partial charge in [0.1, 0.15) is 0 Å². The normalized spacial score (nSPS) is 24.2. The zero-order valence-electron chi connectivity index (χ0n) is 10.2. The van der Waals surface area contributed by atoms with Crippen molar-refractivity contribution in [1.29, 1.82) is 0 Å². The van der Waals surface area contributed by atoms with Crippen LogP contribution in [0.5, 0.6) is 0 Å². The fourth-order valence-corrected chi connectivity index (χ4v) is 1.97. The monoisotopic (exact) mass is 229 g/mol. The lowest BCUT2D eigenvalue weighted by molar-refractivity contribution is -0.120. The van der Waals surface area contributed by atoms with E-state index in [1.807, 2.05) is 0 Å². The molecule has 0 bridgehead atoms. The maximum absolute atomic E-state index is 11.0. The van der Waals surface area contributed by atoms with Crippen molar-refractivity contribution in [1.82, 2.24) is 10.2 Å². The average Bonchev–Trinajstić information content (AvgIpc) is 2.29. The van der Waals surface area contributed by atoms with Gasteiger partial charge in [-0.2, -0.15) is 0 Å². The fourth-order valence-electron chi connectivity index (χ4n) is 1.97. The molecule has 2 atom stereocenters. The number of amides is 1. The van der Waals surface area contributed by atoms with Gasteiger partial charge in [0.15, 0.2) is 0 Å². The summed E-state index contributed by atoms with van der Waals surface area (Å²) in [7, 11) is 1.77. The fraction of sp³-hybridized carbons (Fsp3) is 0.909. The van der Waals surface area contributed by atoms with Crippen molar-refractivity contribution in [3.05, 3.63) is 0 Å². The Morgan fingerprint density at radius 3 is 3.00 bits per heavy atom. The van der Waals surface area contributed by atoms with Gasteiger partial charge in [-0.1, -0.05) is 6.92 Å². The predicted octanol–water partition coefficient (Wildman–Crippen LogP) is -0.439. The van der Waals surface area contributed by atoms with Gasteiger partial charge in [-0.15, -0.1) is 0 Å². The van der Waals surface area contributed by atoms with Gasteiger partial charge in [-0.3, -0.25) is 9.69 Å². The minimum absolute atomic E-state index is 0.220. The number of primary amides is 1. The summed E-state index contributed by atoms with van der Waals surface area (Å²) in [5.41, 5.74) is 5.27. The number of hydrogen-bond acceptors (Lipinski definition) is 4. The third-order valence-corrected chi connectivity index (χ3v) is 3.10. The van der Waals surface area contributed by atoms with Gasteiger partial charge in [-0.25, -0.2) is 0 Å². The van der Waals surface area contributed by atoms with Gasteiger partial charge in [0, 0.05) is 19.6 Å². The Labute approximate surface area is 97.3 Å². The van der Waals surface area contributed by atoms with Crippen LogP contribution in [0, 0.1) is 0 Å². The second-order valence-electron chi connectivity index (χ2n) is 4.23. The summed E-state index contributed by atoms with van der Waals surface area (Å²) in [5.74, 6) is -0.275. The van der Waals surface area contributed by atoms with E-state index in [1.54, 1.807) is 7.05 Å². The minimum Gasteiger partial charge on any atom is -0.376 e. The summed E-state index contributed by atoms with van der Waals surface area (Å²) in [6.07, 6.45) is 2.15. The summed E-state index contributed by atoms with van der Waals surface area (Å²) in [6.45, 7) is 5.74. The zero-order chi connectivity index (χ0) is 12.0. The molecule has 2 unspecified atom stereocenters. The number of ether oxygens (including phenoxy) is 1. The molecule has 16 heavy (non-hydrogen) atoms. The lowest BCUT2D eigenvalue weighted by atomic mass is 10.1. The number of nitrogens with zero attached hydrogens (tertiary/aromatic N) is 1. The number of likely N-dealkylation sites (N-methyl/N-ethyl adjacent to an activating group) is 1. The number of carbonyl (C=O) groups is 1. The highest BCUT2D eigenvalue weighted by Crippen LogP contribution is 2.09. The molecule has 1 fully saturated rings. The van der Waals surface area contributed by atoms with Gasteiger partial charge in [0.05, 0.1) is 18.8 Å². The van der Waals surface area contributed by atoms with Gasteiger partial charge in [0.25, 0.3) is 0 Å². The Morgan fingerprint density at radius 1 is 1.69 bits per heavy atom. The first-order valence-electron chi connectivity index (χ1n) is 5.98. The molecule has 0 aromatic rings. The molecule has 1 rings (SSSR count). The van der Waals surface area contributed by atoms with Crippen LogP contribution in [0.3, 0.4) is 0 Å². The molecule has 0 aromatic heterocycles. The van der Waals surface area contributed by atoms with Crippen LogP contribution in [0.2, 0.25) is 0 Å². The van der Waals surface area contributed by atoms with Crippen LogP contribution in [-0.2, 0) is 9.53 Å². The van der Waals surface area contributed by atoms with E-state index in [4.69, 9.17) is 10.5 Å². The van der Waals surface area contributed by atoms with E-state index < -0.39 is 0 Å². The molecule has 94 valence electrons. The Kier molecular flexibility index (Phi) is 5.73. The highest BCUT2D eigenvalue weighted by Gasteiger charge is 2.20. The Bertz CT molecular complexity index is 223. The summed E-state index contributed by atoms with van der Waals surface area (Å²) >= 11 is 0. The largest absolute Gasteiger partial charge is 0.376 e. The molecule has 5 nitrogen and oxygen atoms in total. The molecule has 1 aliphatic heterocycles. The highest BCUT2D eigenvalue weighted by atomic mass is 16.5. The molecular formula is C11H23N3O2. The molecule has 0 aromatic carbocycles. The summed E-state index contributed by atoms with van der Waals surface area (Å²) < 4.78 is 5.59. The van der Waals surface area contributed by atoms with Crippen molar-refractivity contribution < 1.29 is 9.53 Å².